The molecule has 0 unspecified atom stereocenters. The Morgan fingerprint density at radius 1 is 1.37 bits per heavy atom. The third kappa shape index (κ3) is 3.05. The van der Waals surface area contributed by atoms with E-state index in [0.29, 0.717) is 5.16 Å². The molecule has 0 saturated carbocycles. The summed E-state index contributed by atoms with van der Waals surface area (Å²) in [7, 11) is 0. The molecule has 6 nitrogen and oxygen atoms in total. The monoisotopic (exact) mass is 280 g/mol. The van der Waals surface area contributed by atoms with Crippen LogP contribution in [0, 0.1) is 0 Å². The maximum absolute atomic E-state index is 11.6. The van der Waals surface area contributed by atoms with Crippen molar-refractivity contribution >= 4 is 11.8 Å². The van der Waals surface area contributed by atoms with Gasteiger partial charge in [0.1, 0.15) is 5.03 Å². The highest BCUT2D eigenvalue weighted by atomic mass is 32.2. The molecule has 0 aliphatic heterocycles. The molecule has 0 aliphatic rings. The molecular formula is C12H16N4O2S. The van der Waals surface area contributed by atoms with Crippen molar-refractivity contribution < 1.29 is 5.11 Å². The van der Waals surface area contributed by atoms with Gasteiger partial charge in [-0.2, -0.15) is 0 Å². The van der Waals surface area contributed by atoms with Gasteiger partial charge in [-0.25, -0.2) is 14.9 Å². The van der Waals surface area contributed by atoms with Crippen molar-refractivity contribution in [2.24, 2.45) is 0 Å². The minimum absolute atomic E-state index is 0.0329. The van der Waals surface area contributed by atoms with Crippen LogP contribution in [0.4, 0.5) is 0 Å². The summed E-state index contributed by atoms with van der Waals surface area (Å²) >= 11 is 1.31. The second-order valence-corrected chi connectivity index (χ2v) is 5.47. The van der Waals surface area contributed by atoms with Gasteiger partial charge in [0.05, 0.1) is 6.10 Å². The molecule has 0 spiro atoms. The number of pyridine rings is 1. The normalized spacial score (nSPS) is 12.9. The Hall–Kier alpha value is -1.60. The average molecular weight is 280 g/mol. The zero-order chi connectivity index (χ0) is 14.0. The van der Waals surface area contributed by atoms with Crippen LogP contribution in [-0.4, -0.2) is 24.9 Å². The molecule has 0 aliphatic carbocycles. The van der Waals surface area contributed by atoms with E-state index in [2.05, 4.69) is 15.2 Å². The maximum Gasteiger partial charge on any atom is 0.344 e. The topological polar surface area (TPSA) is 83.8 Å². The minimum atomic E-state index is -0.536. The van der Waals surface area contributed by atoms with Crippen LogP contribution < -0.4 is 5.69 Å². The second kappa shape index (κ2) is 5.58. The summed E-state index contributed by atoms with van der Waals surface area (Å²) in [6.45, 7) is 5.53. The van der Waals surface area contributed by atoms with E-state index in [1.807, 2.05) is 19.9 Å². The summed E-state index contributed by atoms with van der Waals surface area (Å²) in [6.07, 6.45) is 1.09. The van der Waals surface area contributed by atoms with Gasteiger partial charge in [0, 0.05) is 12.2 Å². The largest absolute Gasteiger partial charge is 0.389 e. The highest BCUT2D eigenvalue weighted by Crippen LogP contribution is 2.25. The molecular weight excluding hydrogens is 264 g/mol. The Morgan fingerprint density at radius 2 is 2.11 bits per heavy atom. The number of aromatic nitrogens is 4. The smallest absolute Gasteiger partial charge is 0.344 e. The Bertz CT molecular complexity index is 601. The van der Waals surface area contributed by atoms with Gasteiger partial charge in [-0.3, -0.25) is 4.57 Å². The molecule has 0 amide bonds. The van der Waals surface area contributed by atoms with E-state index in [0.717, 1.165) is 10.6 Å². The predicted octanol–water partition coefficient (Wildman–Crippen LogP) is 1.75. The molecule has 2 aromatic rings. The third-order valence-corrected chi connectivity index (χ3v) is 3.55. The summed E-state index contributed by atoms with van der Waals surface area (Å²) in [5, 5.41) is 17.1. The third-order valence-electron chi connectivity index (χ3n) is 2.63. The van der Waals surface area contributed by atoms with Crippen LogP contribution in [0.5, 0.6) is 0 Å². The van der Waals surface area contributed by atoms with Gasteiger partial charge < -0.3 is 5.11 Å². The van der Waals surface area contributed by atoms with Gasteiger partial charge in [0.25, 0.3) is 0 Å². The van der Waals surface area contributed by atoms with E-state index in [1.54, 1.807) is 23.8 Å². The number of aromatic amines is 1. The molecule has 0 radical (unpaired) electrons. The molecule has 0 aromatic carbocycles. The molecule has 2 heterocycles. The zero-order valence-corrected chi connectivity index (χ0v) is 11.8. The van der Waals surface area contributed by atoms with E-state index in [1.165, 1.54) is 11.8 Å². The van der Waals surface area contributed by atoms with Crippen LogP contribution >= 0.6 is 11.8 Å². The summed E-state index contributed by atoms with van der Waals surface area (Å²) < 4.78 is 1.58. The van der Waals surface area contributed by atoms with Gasteiger partial charge in [0.2, 0.25) is 0 Å². The summed E-state index contributed by atoms with van der Waals surface area (Å²) in [5.74, 6) is 0. The maximum atomic E-state index is 11.6. The van der Waals surface area contributed by atoms with Gasteiger partial charge in [-0.1, -0.05) is 6.07 Å². The van der Waals surface area contributed by atoms with Crippen LogP contribution in [0.3, 0.4) is 0 Å². The summed E-state index contributed by atoms with van der Waals surface area (Å²) in [6, 6.07) is 3.64. The second-order valence-electron chi connectivity index (χ2n) is 4.48. The molecule has 0 bridgehead atoms. The van der Waals surface area contributed by atoms with E-state index in [4.69, 9.17) is 0 Å². The fourth-order valence-corrected chi connectivity index (χ4v) is 2.52. The van der Waals surface area contributed by atoms with Crippen LogP contribution in [0.25, 0.3) is 0 Å². The van der Waals surface area contributed by atoms with E-state index < -0.39 is 6.10 Å². The van der Waals surface area contributed by atoms with Crippen LogP contribution in [0.1, 0.15) is 38.5 Å². The number of hydrogen-bond acceptors (Lipinski definition) is 5. The van der Waals surface area contributed by atoms with E-state index >= 15 is 0 Å². The first-order valence-corrected chi connectivity index (χ1v) is 6.79. The number of nitrogens with one attached hydrogen (secondary N) is 1. The van der Waals surface area contributed by atoms with Crippen molar-refractivity contribution in [3.05, 3.63) is 34.4 Å². The fourth-order valence-electron chi connectivity index (χ4n) is 1.61. The lowest BCUT2D eigenvalue weighted by atomic mass is 10.2. The molecule has 0 saturated heterocycles. The highest BCUT2D eigenvalue weighted by molar-refractivity contribution is 7.99. The van der Waals surface area contributed by atoms with Crippen molar-refractivity contribution in [2.75, 3.05) is 0 Å². The lowest BCUT2D eigenvalue weighted by Gasteiger charge is -2.08. The number of aliphatic hydroxyl groups is 1. The van der Waals surface area contributed by atoms with Crippen LogP contribution in [-0.2, 0) is 0 Å². The first-order valence-electron chi connectivity index (χ1n) is 5.98. The number of rotatable bonds is 4. The van der Waals surface area contributed by atoms with Crippen molar-refractivity contribution in [3.63, 3.8) is 0 Å². The highest BCUT2D eigenvalue weighted by Gasteiger charge is 2.13. The first kappa shape index (κ1) is 13.8. The lowest BCUT2D eigenvalue weighted by molar-refractivity contribution is 0.198. The first-order chi connectivity index (χ1) is 8.99. The Labute approximate surface area is 114 Å². The fraction of sp³-hybridized carbons (Fsp3) is 0.417. The van der Waals surface area contributed by atoms with Crippen LogP contribution in [0.15, 0.2) is 33.3 Å². The quantitative estimate of drug-likeness (QED) is 0.891. The van der Waals surface area contributed by atoms with Gasteiger partial charge in [-0.05, 0) is 44.2 Å². The zero-order valence-electron chi connectivity index (χ0n) is 11.0. The van der Waals surface area contributed by atoms with E-state index in [-0.39, 0.29) is 11.7 Å². The summed E-state index contributed by atoms with van der Waals surface area (Å²) in [5.41, 5.74) is 0.533. The SMILES string of the molecule is CC(C)n1c(Sc2ccc([C@H](C)O)cn2)n[nH]c1=O. The Kier molecular flexibility index (Phi) is 4.06. The molecule has 102 valence electrons. The van der Waals surface area contributed by atoms with Crippen molar-refractivity contribution in [2.45, 2.75) is 43.1 Å². The molecule has 2 N–H and O–H groups in total. The van der Waals surface area contributed by atoms with E-state index in [9.17, 15) is 9.90 Å². The van der Waals surface area contributed by atoms with Crippen molar-refractivity contribution in [1.82, 2.24) is 19.7 Å². The average Bonchev–Trinajstić information content (AvgIpc) is 2.71. The number of H-pyrrole nitrogens is 1. The number of hydrogen-bond donors (Lipinski definition) is 2. The molecule has 1 atom stereocenters. The van der Waals surface area contributed by atoms with Crippen LogP contribution in [0.2, 0.25) is 0 Å². The molecule has 19 heavy (non-hydrogen) atoms. The van der Waals surface area contributed by atoms with Crippen molar-refractivity contribution in [3.8, 4) is 0 Å². The standard InChI is InChI=1S/C12H16N4O2S/c1-7(2)16-11(18)14-15-12(16)19-10-5-4-9(6-13-10)8(3)17/h4-8,17H,1-3H3,(H,14,18)/t8-/m0/s1. The Balaban J connectivity index is 2.24. The van der Waals surface area contributed by atoms with Crippen molar-refractivity contribution in [1.29, 1.82) is 0 Å². The number of aliphatic hydroxyl groups excluding tert-OH is 1. The summed E-state index contributed by atoms with van der Waals surface area (Å²) in [4.78, 5) is 15.8. The predicted molar refractivity (Wildman–Crippen MR) is 72.2 cm³/mol. The molecule has 2 rings (SSSR count). The minimum Gasteiger partial charge on any atom is -0.389 e. The molecule has 7 heteroatoms. The lowest BCUT2D eigenvalue weighted by Crippen LogP contribution is -2.19. The number of nitrogens with zero attached hydrogens (tertiary/aromatic N) is 3. The molecule has 0 fully saturated rings. The Morgan fingerprint density at radius 3 is 2.63 bits per heavy atom. The van der Waals surface area contributed by atoms with Gasteiger partial charge in [-0.15, -0.1) is 5.10 Å². The molecule has 2 aromatic heterocycles. The van der Waals surface area contributed by atoms with Gasteiger partial charge in [0.15, 0.2) is 5.16 Å². The van der Waals surface area contributed by atoms with Gasteiger partial charge >= 0.3 is 5.69 Å².